The molecule has 1 rings (SSSR count). The van der Waals surface area contributed by atoms with Crippen molar-refractivity contribution in [3.05, 3.63) is 0 Å². The minimum absolute atomic E-state index is 0.126. The second-order valence-electron chi connectivity index (χ2n) is 6.12. The summed E-state index contributed by atoms with van der Waals surface area (Å²) in [4.78, 5) is 0. The van der Waals surface area contributed by atoms with Gasteiger partial charge in [0.1, 0.15) is 0 Å². The molecule has 0 aromatic rings. The van der Waals surface area contributed by atoms with Gasteiger partial charge in [-0.15, -0.1) is 0 Å². The Morgan fingerprint density at radius 1 is 1.15 bits per heavy atom. The van der Waals surface area contributed by atoms with Crippen molar-refractivity contribution < 1.29 is 13.2 Å². The van der Waals surface area contributed by atoms with E-state index < -0.39 is 9.84 Å². The number of hydrogen-bond acceptors (Lipinski definition) is 4. The topological polar surface area (TPSA) is 69.4 Å². The second-order valence-corrected chi connectivity index (χ2v) is 8.42. The third kappa shape index (κ3) is 5.70. The molecule has 120 valence electrons. The molecule has 0 aromatic carbocycles. The molecular weight excluding hydrogens is 274 g/mol. The lowest BCUT2D eigenvalue weighted by atomic mass is 9.77. The van der Waals surface area contributed by atoms with Gasteiger partial charge in [-0.2, -0.15) is 0 Å². The number of sulfone groups is 1. The maximum atomic E-state index is 11.7. The fraction of sp³-hybridized carbons (Fsp3) is 1.00. The molecule has 0 heterocycles. The van der Waals surface area contributed by atoms with Gasteiger partial charge in [0.2, 0.25) is 0 Å². The Kier molecular flexibility index (Phi) is 7.48. The number of nitrogens with two attached hydrogens (primary N) is 1. The second kappa shape index (κ2) is 8.35. The first-order valence-electron chi connectivity index (χ1n) is 8.01. The minimum atomic E-state index is -2.95. The standard InChI is InChI=1S/C15H31NO3S/c1-3-5-14-6-8-15(13-16,9-7-14)19-10-12-20(17,18)11-4-2/h14H,3-13,16H2,1-2H3. The monoisotopic (exact) mass is 305 g/mol. The van der Waals surface area contributed by atoms with Crippen LogP contribution in [-0.2, 0) is 14.6 Å². The van der Waals surface area contributed by atoms with Crippen molar-refractivity contribution in [2.45, 2.75) is 64.4 Å². The molecule has 4 nitrogen and oxygen atoms in total. The van der Waals surface area contributed by atoms with Crippen LogP contribution in [0.15, 0.2) is 0 Å². The van der Waals surface area contributed by atoms with Crippen molar-refractivity contribution in [1.82, 2.24) is 0 Å². The van der Waals surface area contributed by atoms with Gasteiger partial charge in [-0.3, -0.25) is 0 Å². The van der Waals surface area contributed by atoms with Crippen LogP contribution in [0.5, 0.6) is 0 Å². The van der Waals surface area contributed by atoms with E-state index >= 15 is 0 Å². The zero-order valence-electron chi connectivity index (χ0n) is 13.1. The predicted octanol–water partition coefficient (Wildman–Crippen LogP) is 2.52. The average molecular weight is 305 g/mol. The van der Waals surface area contributed by atoms with E-state index in [-0.39, 0.29) is 23.7 Å². The Morgan fingerprint density at radius 3 is 2.30 bits per heavy atom. The van der Waals surface area contributed by atoms with Gasteiger partial charge in [0, 0.05) is 12.3 Å². The predicted molar refractivity (Wildman–Crippen MR) is 83.5 cm³/mol. The van der Waals surface area contributed by atoms with Crippen molar-refractivity contribution in [2.24, 2.45) is 11.7 Å². The number of rotatable bonds is 9. The summed E-state index contributed by atoms with van der Waals surface area (Å²) >= 11 is 0. The molecule has 2 N–H and O–H groups in total. The van der Waals surface area contributed by atoms with Gasteiger partial charge < -0.3 is 10.5 Å². The quantitative estimate of drug-likeness (QED) is 0.710. The maximum Gasteiger partial charge on any atom is 0.152 e. The Balaban J connectivity index is 2.40. The molecule has 0 aromatic heterocycles. The smallest absolute Gasteiger partial charge is 0.152 e. The first-order valence-corrected chi connectivity index (χ1v) is 9.83. The summed E-state index contributed by atoms with van der Waals surface area (Å²) in [5.74, 6) is 1.18. The summed E-state index contributed by atoms with van der Waals surface area (Å²) in [5.41, 5.74) is 5.62. The molecule has 5 heteroatoms. The maximum absolute atomic E-state index is 11.7. The average Bonchev–Trinajstić information content (AvgIpc) is 2.41. The summed E-state index contributed by atoms with van der Waals surface area (Å²) in [6, 6.07) is 0. The van der Waals surface area contributed by atoms with Crippen LogP contribution < -0.4 is 5.73 Å². The molecule has 1 fully saturated rings. The first kappa shape index (κ1) is 17.9. The summed E-state index contributed by atoms with van der Waals surface area (Å²) in [6.07, 6.45) is 7.45. The van der Waals surface area contributed by atoms with Gasteiger partial charge in [0.25, 0.3) is 0 Å². The zero-order valence-corrected chi connectivity index (χ0v) is 13.9. The van der Waals surface area contributed by atoms with Crippen molar-refractivity contribution in [3.63, 3.8) is 0 Å². The summed E-state index contributed by atoms with van der Waals surface area (Å²) < 4.78 is 29.3. The Bertz CT molecular complexity index is 359. The molecule has 0 atom stereocenters. The molecule has 0 spiro atoms. The van der Waals surface area contributed by atoms with E-state index in [0.29, 0.717) is 13.0 Å². The highest BCUT2D eigenvalue weighted by Gasteiger charge is 2.34. The molecule has 0 bridgehead atoms. The van der Waals surface area contributed by atoms with Crippen LogP contribution in [0.3, 0.4) is 0 Å². The van der Waals surface area contributed by atoms with Crippen molar-refractivity contribution in [2.75, 3.05) is 24.7 Å². The minimum Gasteiger partial charge on any atom is -0.373 e. The molecule has 0 amide bonds. The van der Waals surface area contributed by atoms with Gasteiger partial charge in [0.05, 0.1) is 18.0 Å². The van der Waals surface area contributed by atoms with Gasteiger partial charge in [0.15, 0.2) is 9.84 Å². The van der Waals surface area contributed by atoms with E-state index in [1.807, 2.05) is 6.92 Å². The number of ether oxygens (including phenoxy) is 1. The van der Waals surface area contributed by atoms with E-state index in [1.54, 1.807) is 0 Å². The lowest BCUT2D eigenvalue weighted by Crippen LogP contribution is -2.45. The highest BCUT2D eigenvalue weighted by molar-refractivity contribution is 7.91. The van der Waals surface area contributed by atoms with E-state index in [0.717, 1.165) is 31.6 Å². The lowest BCUT2D eigenvalue weighted by molar-refractivity contribution is -0.0655. The van der Waals surface area contributed by atoms with Crippen LogP contribution >= 0.6 is 0 Å². The van der Waals surface area contributed by atoms with E-state index in [9.17, 15) is 8.42 Å². The molecule has 0 radical (unpaired) electrons. The highest BCUT2D eigenvalue weighted by atomic mass is 32.2. The Labute approximate surface area is 124 Å². The van der Waals surface area contributed by atoms with Crippen LogP contribution in [0.4, 0.5) is 0 Å². The van der Waals surface area contributed by atoms with E-state index in [4.69, 9.17) is 10.5 Å². The van der Waals surface area contributed by atoms with Crippen molar-refractivity contribution >= 4 is 9.84 Å². The normalized spacial score (nSPS) is 27.6. The SMILES string of the molecule is CCCC1CCC(CN)(OCCS(=O)(=O)CCC)CC1. The molecular formula is C15H31NO3S. The molecule has 0 saturated heterocycles. The number of hydrogen-bond donors (Lipinski definition) is 1. The summed E-state index contributed by atoms with van der Waals surface area (Å²) in [7, 11) is -2.95. The molecule has 1 aliphatic rings. The van der Waals surface area contributed by atoms with Crippen LogP contribution in [0.1, 0.15) is 58.8 Å². The summed E-state index contributed by atoms with van der Waals surface area (Å²) in [6.45, 7) is 4.90. The van der Waals surface area contributed by atoms with Crippen LogP contribution in [-0.4, -0.2) is 38.7 Å². The zero-order chi connectivity index (χ0) is 15.1. The van der Waals surface area contributed by atoms with Gasteiger partial charge >= 0.3 is 0 Å². The lowest BCUT2D eigenvalue weighted by Gasteiger charge is -2.39. The van der Waals surface area contributed by atoms with Crippen molar-refractivity contribution in [1.29, 1.82) is 0 Å². The van der Waals surface area contributed by atoms with Crippen LogP contribution in [0.25, 0.3) is 0 Å². The van der Waals surface area contributed by atoms with Gasteiger partial charge in [-0.05, 0) is 38.0 Å². The van der Waals surface area contributed by atoms with E-state index in [2.05, 4.69) is 6.92 Å². The van der Waals surface area contributed by atoms with Crippen LogP contribution in [0.2, 0.25) is 0 Å². The van der Waals surface area contributed by atoms with Crippen LogP contribution in [0, 0.1) is 5.92 Å². The third-order valence-corrected chi connectivity index (χ3v) is 6.22. The van der Waals surface area contributed by atoms with Gasteiger partial charge in [-0.1, -0.05) is 26.7 Å². The summed E-state index contributed by atoms with van der Waals surface area (Å²) in [5, 5.41) is 0. The molecule has 1 aliphatic carbocycles. The van der Waals surface area contributed by atoms with Gasteiger partial charge in [-0.25, -0.2) is 8.42 Å². The van der Waals surface area contributed by atoms with E-state index in [1.165, 1.54) is 12.8 Å². The Morgan fingerprint density at radius 2 is 1.80 bits per heavy atom. The first-order chi connectivity index (χ1) is 9.47. The van der Waals surface area contributed by atoms with Crippen molar-refractivity contribution in [3.8, 4) is 0 Å². The fourth-order valence-electron chi connectivity index (χ4n) is 3.11. The molecule has 0 unspecified atom stereocenters. The largest absolute Gasteiger partial charge is 0.373 e. The molecule has 1 saturated carbocycles. The third-order valence-electron chi connectivity index (χ3n) is 4.40. The highest BCUT2D eigenvalue weighted by Crippen LogP contribution is 2.36. The Hall–Kier alpha value is -0.130. The molecule has 20 heavy (non-hydrogen) atoms. The molecule has 0 aliphatic heterocycles. The fourth-order valence-corrected chi connectivity index (χ4v) is 4.27.